The van der Waals surface area contributed by atoms with E-state index in [-0.39, 0.29) is 12.5 Å². The number of alkyl carbamates (subject to hydrolysis) is 1. The van der Waals surface area contributed by atoms with Crippen LogP contribution in [0.25, 0.3) is 0 Å². The van der Waals surface area contributed by atoms with Gasteiger partial charge in [0.2, 0.25) is 0 Å². The zero-order chi connectivity index (χ0) is 18.0. The zero-order valence-corrected chi connectivity index (χ0v) is 15.2. The first kappa shape index (κ1) is 19.5. The topological polar surface area (TPSA) is 88.1 Å². The molecule has 2 amide bonds. The third-order valence-corrected chi connectivity index (χ3v) is 3.34. The fourth-order valence-electron chi connectivity index (χ4n) is 2.38. The Kier molecular flexibility index (Phi) is 5.90. The third-order valence-electron chi connectivity index (χ3n) is 3.34. The Balaban J connectivity index is 2.69. The Morgan fingerprint density at radius 2 is 1.65 bits per heavy atom. The van der Waals surface area contributed by atoms with E-state index in [0.29, 0.717) is 6.54 Å². The quantitative estimate of drug-likeness (QED) is 0.810. The van der Waals surface area contributed by atoms with Crippen LogP contribution in [0.15, 0.2) is 0 Å². The summed E-state index contributed by atoms with van der Waals surface area (Å²) in [5, 5.41) is 12.9. The second kappa shape index (κ2) is 6.95. The molecule has 0 aromatic carbocycles. The van der Waals surface area contributed by atoms with Gasteiger partial charge in [-0.1, -0.05) is 6.92 Å². The van der Waals surface area contributed by atoms with Crippen molar-refractivity contribution in [1.29, 1.82) is 0 Å². The molecule has 1 rings (SSSR count). The van der Waals surface area contributed by atoms with E-state index < -0.39 is 35.5 Å². The van der Waals surface area contributed by atoms with Crippen molar-refractivity contribution in [3.63, 3.8) is 0 Å². The molecule has 1 fully saturated rings. The molecular weight excluding hydrogens is 300 g/mol. The summed E-state index contributed by atoms with van der Waals surface area (Å²) in [4.78, 5) is 25.5. The summed E-state index contributed by atoms with van der Waals surface area (Å²) in [6.07, 6.45) is -1.79. The number of amides is 2. The van der Waals surface area contributed by atoms with Crippen molar-refractivity contribution >= 4 is 12.2 Å². The van der Waals surface area contributed by atoms with Crippen molar-refractivity contribution in [3.8, 4) is 0 Å². The van der Waals surface area contributed by atoms with Gasteiger partial charge in [-0.05, 0) is 41.5 Å². The number of carbonyl (C=O) groups excluding carboxylic acids is 2. The molecule has 1 aliphatic heterocycles. The second-order valence-electron chi connectivity index (χ2n) is 8.05. The predicted molar refractivity (Wildman–Crippen MR) is 86.1 cm³/mol. The smallest absolute Gasteiger partial charge is 0.410 e. The number of hydrogen-bond acceptors (Lipinski definition) is 5. The maximum Gasteiger partial charge on any atom is 0.410 e. The van der Waals surface area contributed by atoms with E-state index >= 15 is 0 Å². The van der Waals surface area contributed by atoms with Crippen molar-refractivity contribution in [2.75, 3.05) is 13.1 Å². The van der Waals surface area contributed by atoms with E-state index in [4.69, 9.17) is 9.47 Å². The molecule has 2 N–H and O–H groups in total. The summed E-state index contributed by atoms with van der Waals surface area (Å²) in [5.41, 5.74) is -1.21. The number of likely N-dealkylation sites (tertiary alicyclic amines) is 1. The van der Waals surface area contributed by atoms with Gasteiger partial charge < -0.3 is 24.8 Å². The molecule has 134 valence electrons. The van der Waals surface area contributed by atoms with E-state index in [1.165, 1.54) is 4.90 Å². The van der Waals surface area contributed by atoms with Crippen molar-refractivity contribution in [1.82, 2.24) is 10.2 Å². The van der Waals surface area contributed by atoms with Gasteiger partial charge in [0.15, 0.2) is 0 Å². The van der Waals surface area contributed by atoms with Gasteiger partial charge in [0.25, 0.3) is 0 Å². The molecule has 0 bridgehead atoms. The lowest BCUT2D eigenvalue weighted by atomic mass is 10.0. The molecule has 23 heavy (non-hydrogen) atoms. The maximum atomic E-state index is 12.3. The lowest BCUT2D eigenvalue weighted by Gasteiger charge is -2.29. The van der Waals surface area contributed by atoms with E-state index in [0.717, 1.165) is 0 Å². The van der Waals surface area contributed by atoms with Crippen LogP contribution in [0.4, 0.5) is 9.59 Å². The van der Waals surface area contributed by atoms with E-state index in [1.807, 2.05) is 6.92 Å². The van der Waals surface area contributed by atoms with Crippen LogP contribution in [0.3, 0.4) is 0 Å². The molecule has 1 heterocycles. The van der Waals surface area contributed by atoms with Crippen LogP contribution in [-0.2, 0) is 9.47 Å². The third kappa shape index (κ3) is 6.25. The van der Waals surface area contributed by atoms with Crippen LogP contribution in [-0.4, -0.2) is 58.6 Å². The Hall–Kier alpha value is -1.50. The summed E-state index contributed by atoms with van der Waals surface area (Å²) in [6, 6.07) is -0.535. The summed E-state index contributed by atoms with van der Waals surface area (Å²) >= 11 is 0. The van der Waals surface area contributed by atoms with E-state index in [1.54, 1.807) is 41.5 Å². The normalized spacial score (nSPS) is 25.2. The lowest BCUT2D eigenvalue weighted by Crippen LogP contribution is -2.49. The molecule has 7 nitrogen and oxygen atoms in total. The first-order valence-corrected chi connectivity index (χ1v) is 7.95. The fourth-order valence-corrected chi connectivity index (χ4v) is 2.38. The number of hydrogen-bond donors (Lipinski definition) is 2. The first-order valence-electron chi connectivity index (χ1n) is 7.95. The average Bonchev–Trinajstić information content (AvgIpc) is 2.59. The van der Waals surface area contributed by atoms with Crippen molar-refractivity contribution in [2.45, 2.75) is 71.8 Å². The summed E-state index contributed by atoms with van der Waals surface area (Å²) in [6.45, 7) is 13.0. The highest BCUT2D eigenvalue weighted by molar-refractivity contribution is 5.70. The summed E-state index contributed by atoms with van der Waals surface area (Å²) in [7, 11) is 0. The number of nitrogens with zero attached hydrogens (tertiary/aromatic N) is 1. The van der Waals surface area contributed by atoms with Gasteiger partial charge in [-0.2, -0.15) is 0 Å². The average molecular weight is 330 g/mol. The van der Waals surface area contributed by atoms with Crippen molar-refractivity contribution in [2.24, 2.45) is 5.92 Å². The Bertz CT molecular complexity index is 439. The highest BCUT2D eigenvalue weighted by Gasteiger charge is 2.42. The van der Waals surface area contributed by atoms with Crippen molar-refractivity contribution in [3.05, 3.63) is 0 Å². The van der Waals surface area contributed by atoms with Crippen LogP contribution in [0.5, 0.6) is 0 Å². The number of aliphatic hydroxyl groups excluding tert-OH is 1. The highest BCUT2D eigenvalue weighted by atomic mass is 16.6. The number of rotatable bonds is 2. The Morgan fingerprint density at radius 3 is 2.13 bits per heavy atom. The second-order valence-corrected chi connectivity index (χ2v) is 8.05. The molecule has 0 spiro atoms. The molecule has 0 radical (unpaired) electrons. The molecule has 0 saturated carbocycles. The molecule has 1 saturated heterocycles. The number of ether oxygens (including phenoxy) is 2. The van der Waals surface area contributed by atoms with E-state index in [2.05, 4.69) is 5.32 Å². The molecule has 0 aromatic rings. The molecule has 0 aliphatic carbocycles. The van der Waals surface area contributed by atoms with Crippen LogP contribution >= 0.6 is 0 Å². The van der Waals surface area contributed by atoms with Crippen LogP contribution in [0.2, 0.25) is 0 Å². The van der Waals surface area contributed by atoms with Gasteiger partial charge >= 0.3 is 12.2 Å². The molecule has 7 heteroatoms. The Morgan fingerprint density at radius 1 is 1.13 bits per heavy atom. The highest BCUT2D eigenvalue weighted by Crippen LogP contribution is 2.25. The fraction of sp³-hybridized carbons (Fsp3) is 0.875. The first-order chi connectivity index (χ1) is 10.3. The standard InChI is InChI=1S/C16H30N2O5/c1-10-9-18(14(21)23-16(5,6)7)11(12(10)19)8-17-13(20)22-15(2,3)4/h10-12,19H,8-9H2,1-7H3,(H,17,20). The number of nitrogens with one attached hydrogen (secondary N) is 1. The Labute approximate surface area is 138 Å². The van der Waals surface area contributed by atoms with Crippen LogP contribution < -0.4 is 5.32 Å². The minimum atomic E-state index is -0.725. The summed E-state index contributed by atoms with van der Waals surface area (Å²) < 4.78 is 10.5. The molecule has 1 aliphatic rings. The minimum Gasteiger partial charge on any atom is -0.444 e. The number of carbonyl (C=O) groups is 2. The summed E-state index contributed by atoms with van der Waals surface area (Å²) in [5.74, 6) is -0.0899. The number of aliphatic hydroxyl groups is 1. The molecule has 3 unspecified atom stereocenters. The van der Waals surface area contributed by atoms with Crippen molar-refractivity contribution < 1.29 is 24.2 Å². The SMILES string of the molecule is CC1CN(C(=O)OC(C)(C)C)C(CNC(=O)OC(C)(C)C)C1O. The zero-order valence-electron chi connectivity index (χ0n) is 15.2. The monoisotopic (exact) mass is 330 g/mol. The molecule has 0 aromatic heterocycles. The minimum absolute atomic E-state index is 0.0899. The van der Waals surface area contributed by atoms with E-state index in [9.17, 15) is 14.7 Å². The van der Waals surface area contributed by atoms with Gasteiger partial charge in [-0.25, -0.2) is 9.59 Å². The van der Waals surface area contributed by atoms with Gasteiger partial charge in [-0.15, -0.1) is 0 Å². The molecule has 3 atom stereocenters. The van der Waals surface area contributed by atoms with Gasteiger partial charge in [0.1, 0.15) is 11.2 Å². The molecular formula is C16H30N2O5. The van der Waals surface area contributed by atoms with Crippen LogP contribution in [0, 0.1) is 5.92 Å². The maximum absolute atomic E-state index is 12.3. The van der Waals surface area contributed by atoms with Crippen LogP contribution in [0.1, 0.15) is 48.5 Å². The van der Waals surface area contributed by atoms with Gasteiger partial charge in [-0.3, -0.25) is 0 Å². The largest absolute Gasteiger partial charge is 0.444 e. The lowest BCUT2D eigenvalue weighted by molar-refractivity contribution is 0.0136. The predicted octanol–water partition coefficient (Wildman–Crippen LogP) is 2.13. The van der Waals surface area contributed by atoms with Gasteiger partial charge in [0, 0.05) is 19.0 Å². The van der Waals surface area contributed by atoms with Gasteiger partial charge in [0.05, 0.1) is 12.1 Å².